The van der Waals surface area contributed by atoms with Gasteiger partial charge in [-0.1, -0.05) is 31.2 Å². The minimum Gasteiger partial charge on any atom is -0.465 e. The fraction of sp³-hybridized carbons (Fsp3) is 0.478. The average molecular weight is 383 g/mol. The number of esters is 1. The van der Waals surface area contributed by atoms with Crippen LogP contribution in [0.25, 0.3) is 0 Å². The van der Waals surface area contributed by atoms with Gasteiger partial charge < -0.3 is 14.7 Å². The van der Waals surface area contributed by atoms with Gasteiger partial charge >= 0.3 is 5.97 Å². The molecule has 0 aromatic heterocycles. The molecule has 5 heteroatoms. The summed E-state index contributed by atoms with van der Waals surface area (Å²) in [4.78, 5) is 25.6. The molecule has 0 saturated carbocycles. The van der Waals surface area contributed by atoms with Gasteiger partial charge in [-0.15, -0.1) is 11.8 Å². The van der Waals surface area contributed by atoms with Crippen LogP contribution in [0.5, 0.6) is 0 Å². The van der Waals surface area contributed by atoms with Crippen molar-refractivity contribution in [2.24, 2.45) is 5.92 Å². The second kappa shape index (κ2) is 10.7. The SMILES string of the molecule is CC#CCC(C)[C@@H](O)/C=C/[C@H]1CCC(=O)N1CCc1ccc(C(=O)OC)cc1. The quantitative estimate of drug-likeness (QED) is 0.426. The number of hydrogen-bond donors (Lipinski definition) is 1. The second-order valence-corrected chi connectivity index (χ2v) is 7.12. The number of amides is 1. The Hall–Kier alpha value is -2.58. The van der Waals surface area contributed by atoms with Gasteiger partial charge in [-0.05, 0) is 43.4 Å². The van der Waals surface area contributed by atoms with Crippen LogP contribution < -0.4 is 0 Å². The number of nitrogens with zero attached hydrogens (tertiary/aromatic N) is 1. The average Bonchev–Trinajstić information content (AvgIpc) is 3.07. The van der Waals surface area contributed by atoms with Crippen molar-refractivity contribution in [2.45, 2.75) is 51.7 Å². The maximum atomic E-state index is 12.3. The fourth-order valence-corrected chi connectivity index (χ4v) is 3.24. The number of benzene rings is 1. The lowest BCUT2D eigenvalue weighted by Crippen LogP contribution is -2.34. The van der Waals surface area contributed by atoms with Crippen LogP contribution >= 0.6 is 0 Å². The van der Waals surface area contributed by atoms with E-state index in [9.17, 15) is 14.7 Å². The summed E-state index contributed by atoms with van der Waals surface area (Å²) in [6.07, 6.45) is 5.84. The minimum absolute atomic E-state index is 0.0148. The highest BCUT2D eigenvalue weighted by atomic mass is 16.5. The number of hydrogen-bond acceptors (Lipinski definition) is 4. The van der Waals surface area contributed by atoms with Crippen LogP contribution in [-0.2, 0) is 16.0 Å². The predicted molar refractivity (Wildman–Crippen MR) is 109 cm³/mol. The van der Waals surface area contributed by atoms with Gasteiger partial charge in [0.05, 0.1) is 24.8 Å². The summed E-state index contributed by atoms with van der Waals surface area (Å²) in [7, 11) is 1.36. The number of carbonyl (C=O) groups is 2. The van der Waals surface area contributed by atoms with Crippen LogP contribution in [0.1, 0.15) is 49.0 Å². The van der Waals surface area contributed by atoms with Gasteiger partial charge in [-0.25, -0.2) is 4.79 Å². The van der Waals surface area contributed by atoms with Gasteiger partial charge in [-0.2, -0.15) is 0 Å². The molecule has 28 heavy (non-hydrogen) atoms. The van der Waals surface area contributed by atoms with Crippen LogP contribution in [0.15, 0.2) is 36.4 Å². The first kappa shape index (κ1) is 21.7. The molecule has 5 nitrogen and oxygen atoms in total. The van der Waals surface area contributed by atoms with Crippen molar-refractivity contribution in [1.82, 2.24) is 4.90 Å². The monoisotopic (exact) mass is 383 g/mol. The maximum absolute atomic E-state index is 12.3. The van der Waals surface area contributed by atoms with Crippen LogP contribution in [0.3, 0.4) is 0 Å². The van der Waals surface area contributed by atoms with E-state index in [-0.39, 0.29) is 23.8 Å². The molecule has 1 aromatic carbocycles. The van der Waals surface area contributed by atoms with Crippen molar-refractivity contribution in [1.29, 1.82) is 0 Å². The van der Waals surface area contributed by atoms with Crippen molar-refractivity contribution >= 4 is 11.9 Å². The molecule has 1 aliphatic heterocycles. The number of aliphatic hydroxyl groups excluding tert-OH is 1. The van der Waals surface area contributed by atoms with Gasteiger partial charge in [0.15, 0.2) is 0 Å². The van der Waals surface area contributed by atoms with E-state index in [2.05, 4.69) is 11.8 Å². The van der Waals surface area contributed by atoms with Crippen LogP contribution in [-0.4, -0.2) is 47.7 Å². The minimum atomic E-state index is -0.565. The van der Waals surface area contributed by atoms with Gasteiger partial charge in [0.25, 0.3) is 0 Å². The van der Waals surface area contributed by atoms with Crippen molar-refractivity contribution in [3.05, 3.63) is 47.5 Å². The first-order chi connectivity index (χ1) is 13.5. The van der Waals surface area contributed by atoms with Gasteiger partial charge in [0.1, 0.15) is 0 Å². The third-order valence-corrected chi connectivity index (χ3v) is 5.11. The smallest absolute Gasteiger partial charge is 0.337 e. The number of rotatable bonds is 8. The Bertz CT molecular complexity index is 757. The molecular formula is C23H29NO4. The molecule has 0 bridgehead atoms. The Labute approximate surface area is 167 Å². The maximum Gasteiger partial charge on any atom is 0.337 e. The zero-order valence-corrected chi connectivity index (χ0v) is 16.9. The molecule has 1 saturated heterocycles. The third-order valence-electron chi connectivity index (χ3n) is 5.11. The number of methoxy groups -OCH3 is 1. The predicted octanol–water partition coefficient (Wildman–Crippen LogP) is 2.97. The summed E-state index contributed by atoms with van der Waals surface area (Å²) in [5.74, 6) is 5.67. The first-order valence-electron chi connectivity index (χ1n) is 9.69. The highest BCUT2D eigenvalue weighted by Crippen LogP contribution is 2.21. The molecule has 1 aromatic rings. The standard InChI is InChI=1S/C23H29NO4/c1-4-5-6-17(2)21(25)13-11-20-12-14-22(26)24(20)16-15-18-7-9-19(10-8-18)23(27)28-3/h7-11,13,17,20-21,25H,6,12,14-16H2,1-3H3/b13-11+/t17?,20-,21-/m0/s1. The lowest BCUT2D eigenvalue weighted by molar-refractivity contribution is -0.128. The molecule has 1 unspecified atom stereocenters. The fourth-order valence-electron chi connectivity index (χ4n) is 3.24. The lowest BCUT2D eigenvalue weighted by atomic mass is 10.00. The topological polar surface area (TPSA) is 66.8 Å². The van der Waals surface area contributed by atoms with E-state index >= 15 is 0 Å². The largest absolute Gasteiger partial charge is 0.465 e. The zero-order valence-electron chi connectivity index (χ0n) is 16.9. The summed E-state index contributed by atoms with van der Waals surface area (Å²) < 4.78 is 4.70. The molecule has 0 spiro atoms. The zero-order chi connectivity index (χ0) is 20.5. The molecule has 2 rings (SSSR count). The van der Waals surface area contributed by atoms with Crippen molar-refractivity contribution in [3.63, 3.8) is 0 Å². The van der Waals surface area contributed by atoms with Crippen molar-refractivity contribution < 1.29 is 19.4 Å². The van der Waals surface area contributed by atoms with E-state index in [1.54, 1.807) is 25.1 Å². The molecule has 1 heterocycles. The van der Waals surface area contributed by atoms with Crippen LogP contribution in [0, 0.1) is 17.8 Å². The summed E-state index contributed by atoms with van der Waals surface area (Å²) in [6.45, 7) is 4.37. The van der Waals surface area contributed by atoms with Crippen molar-refractivity contribution in [2.75, 3.05) is 13.7 Å². The highest BCUT2D eigenvalue weighted by molar-refractivity contribution is 5.89. The summed E-state index contributed by atoms with van der Waals surface area (Å²) in [6, 6.07) is 7.26. The lowest BCUT2D eigenvalue weighted by Gasteiger charge is -2.23. The molecule has 150 valence electrons. The molecule has 1 amide bonds. The Morgan fingerprint density at radius 2 is 2.11 bits per heavy atom. The van der Waals surface area contributed by atoms with E-state index in [0.717, 1.165) is 12.0 Å². The van der Waals surface area contributed by atoms with Gasteiger partial charge in [-0.3, -0.25) is 4.79 Å². The van der Waals surface area contributed by atoms with Crippen molar-refractivity contribution in [3.8, 4) is 11.8 Å². The number of aliphatic hydroxyl groups is 1. The summed E-state index contributed by atoms with van der Waals surface area (Å²) in [5, 5.41) is 10.3. The van der Waals surface area contributed by atoms with E-state index in [4.69, 9.17) is 4.74 Å². The Balaban J connectivity index is 1.93. The molecule has 3 atom stereocenters. The molecular weight excluding hydrogens is 354 g/mol. The number of likely N-dealkylation sites (tertiary alicyclic amines) is 1. The van der Waals surface area contributed by atoms with Gasteiger partial charge in [0, 0.05) is 19.4 Å². The molecule has 0 aliphatic carbocycles. The van der Waals surface area contributed by atoms with E-state index < -0.39 is 6.10 Å². The molecule has 1 aliphatic rings. The van der Waals surface area contributed by atoms with Gasteiger partial charge in [0.2, 0.25) is 5.91 Å². The Morgan fingerprint density at radius 1 is 1.39 bits per heavy atom. The molecule has 1 fully saturated rings. The van der Waals surface area contributed by atoms with E-state index in [0.29, 0.717) is 31.4 Å². The van der Waals surface area contributed by atoms with E-state index in [1.165, 1.54) is 7.11 Å². The Kier molecular flexibility index (Phi) is 8.28. The Morgan fingerprint density at radius 3 is 2.75 bits per heavy atom. The molecule has 1 N–H and O–H groups in total. The summed E-state index contributed by atoms with van der Waals surface area (Å²) in [5.41, 5.74) is 1.57. The van der Waals surface area contributed by atoms with Crippen LogP contribution in [0.2, 0.25) is 0 Å². The number of carbonyl (C=O) groups excluding carboxylic acids is 2. The van der Waals surface area contributed by atoms with E-state index in [1.807, 2.05) is 30.0 Å². The normalized spacial score (nSPS) is 18.6. The first-order valence-corrected chi connectivity index (χ1v) is 9.69. The molecule has 0 radical (unpaired) electrons. The second-order valence-electron chi connectivity index (χ2n) is 7.12. The van der Waals surface area contributed by atoms with Crippen LogP contribution in [0.4, 0.5) is 0 Å². The third kappa shape index (κ3) is 5.97. The number of ether oxygens (including phenoxy) is 1. The highest BCUT2D eigenvalue weighted by Gasteiger charge is 2.28. The summed E-state index contributed by atoms with van der Waals surface area (Å²) >= 11 is 0.